The van der Waals surface area contributed by atoms with E-state index in [2.05, 4.69) is 41.7 Å². The highest BCUT2D eigenvalue weighted by Crippen LogP contribution is 2.47. The molecule has 1 N–H and O–H groups in total. The zero-order valence-electron chi connectivity index (χ0n) is 10.9. The molecule has 0 spiro atoms. The summed E-state index contributed by atoms with van der Waals surface area (Å²) in [7, 11) is 0. The van der Waals surface area contributed by atoms with Crippen molar-refractivity contribution >= 4 is 27.2 Å². The summed E-state index contributed by atoms with van der Waals surface area (Å²) < 4.78 is 11.4. The van der Waals surface area contributed by atoms with Crippen LogP contribution in [0.15, 0.2) is 36.4 Å². The summed E-state index contributed by atoms with van der Waals surface area (Å²) in [4.78, 5) is 0. The Kier molecular flexibility index (Phi) is 1.85. The molecule has 0 aliphatic carbocycles. The molecule has 3 aromatic rings. The van der Waals surface area contributed by atoms with Crippen LogP contribution in [0.3, 0.4) is 0 Å². The van der Waals surface area contributed by atoms with Crippen molar-refractivity contribution in [3.8, 4) is 11.5 Å². The van der Waals surface area contributed by atoms with Crippen molar-refractivity contribution in [1.29, 1.82) is 0 Å². The van der Waals surface area contributed by atoms with Gasteiger partial charge < -0.3 is 14.8 Å². The second-order valence-corrected chi connectivity index (χ2v) is 5.34. The molecule has 0 saturated heterocycles. The van der Waals surface area contributed by atoms with Gasteiger partial charge >= 0.3 is 0 Å². The Morgan fingerprint density at radius 1 is 1.00 bits per heavy atom. The zero-order chi connectivity index (χ0) is 13.1. The van der Waals surface area contributed by atoms with Gasteiger partial charge in [-0.15, -0.1) is 0 Å². The van der Waals surface area contributed by atoms with E-state index in [1.807, 2.05) is 0 Å². The third kappa shape index (κ3) is 1.20. The van der Waals surface area contributed by atoms with Crippen LogP contribution in [0, 0.1) is 0 Å². The average Bonchev–Trinajstić information content (AvgIpc) is 2.95. The molecular formula is C17H13NO2. The molecule has 5 rings (SSSR count). The van der Waals surface area contributed by atoms with Crippen molar-refractivity contribution in [3.05, 3.63) is 42.0 Å². The van der Waals surface area contributed by atoms with Crippen LogP contribution in [0.25, 0.3) is 21.5 Å². The quantitative estimate of drug-likeness (QED) is 0.627. The van der Waals surface area contributed by atoms with E-state index in [1.54, 1.807) is 0 Å². The fraction of sp³-hybridized carbons (Fsp3) is 0.176. The van der Waals surface area contributed by atoms with Gasteiger partial charge in [-0.3, -0.25) is 0 Å². The zero-order valence-corrected chi connectivity index (χ0v) is 10.9. The molecule has 0 saturated carbocycles. The van der Waals surface area contributed by atoms with Crippen LogP contribution in [-0.2, 0) is 6.42 Å². The number of hydrogen-bond acceptors (Lipinski definition) is 3. The first kappa shape index (κ1) is 10.4. The summed E-state index contributed by atoms with van der Waals surface area (Å²) in [6.45, 7) is 1.29. The number of fused-ring (bicyclic) bond motifs is 4. The van der Waals surface area contributed by atoms with Crippen LogP contribution < -0.4 is 14.8 Å². The molecule has 0 atom stereocenters. The third-order valence-corrected chi connectivity index (χ3v) is 4.25. The minimum absolute atomic E-state index is 0.319. The molecule has 0 aromatic heterocycles. The van der Waals surface area contributed by atoms with Gasteiger partial charge in [0, 0.05) is 23.0 Å². The Hall–Kier alpha value is -2.42. The van der Waals surface area contributed by atoms with E-state index in [-0.39, 0.29) is 0 Å². The molecule has 3 nitrogen and oxygen atoms in total. The Balaban J connectivity index is 2.09. The first-order valence-corrected chi connectivity index (χ1v) is 6.92. The van der Waals surface area contributed by atoms with Crippen molar-refractivity contribution in [2.75, 3.05) is 18.7 Å². The van der Waals surface area contributed by atoms with Crippen molar-refractivity contribution in [3.63, 3.8) is 0 Å². The molecule has 0 unspecified atom stereocenters. The molecule has 98 valence electrons. The number of anilines is 1. The molecule has 2 aliphatic heterocycles. The van der Waals surface area contributed by atoms with Gasteiger partial charge in [0.05, 0.1) is 0 Å². The SMILES string of the molecule is c1ccc2c(c1)cc1c3c(cc4c(c32)OCO4)CCN1. The molecule has 0 fully saturated rings. The van der Waals surface area contributed by atoms with Crippen LogP contribution in [0.4, 0.5) is 5.69 Å². The standard InChI is InChI=1S/C17H13NO2/c1-2-4-12-10(3-1)7-13-15-11(5-6-18-13)8-14-17(16(12)15)20-9-19-14/h1-4,7-8,18H,5-6,9H2. The van der Waals surface area contributed by atoms with Gasteiger partial charge in [-0.05, 0) is 34.9 Å². The van der Waals surface area contributed by atoms with Crippen molar-refractivity contribution in [2.45, 2.75) is 6.42 Å². The number of nitrogens with one attached hydrogen (secondary N) is 1. The van der Waals surface area contributed by atoms with Gasteiger partial charge in [0.25, 0.3) is 0 Å². The van der Waals surface area contributed by atoms with Gasteiger partial charge in [0.15, 0.2) is 11.5 Å². The molecule has 3 heteroatoms. The van der Waals surface area contributed by atoms with Gasteiger partial charge in [0.2, 0.25) is 6.79 Å². The molecule has 0 amide bonds. The second kappa shape index (κ2) is 3.57. The van der Waals surface area contributed by atoms with Crippen molar-refractivity contribution < 1.29 is 9.47 Å². The van der Waals surface area contributed by atoms with Crippen LogP contribution in [0.5, 0.6) is 11.5 Å². The van der Waals surface area contributed by atoms with Crippen LogP contribution in [0.2, 0.25) is 0 Å². The normalized spacial score (nSPS) is 15.6. The van der Waals surface area contributed by atoms with E-state index in [9.17, 15) is 0 Å². The first-order chi connectivity index (χ1) is 9.92. The summed E-state index contributed by atoms with van der Waals surface area (Å²) in [6, 6.07) is 12.8. The minimum Gasteiger partial charge on any atom is -0.454 e. The smallest absolute Gasteiger partial charge is 0.231 e. The predicted octanol–water partition coefficient (Wildman–Crippen LogP) is 3.69. The summed E-state index contributed by atoms with van der Waals surface area (Å²) in [6.07, 6.45) is 1.03. The van der Waals surface area contributed by atoms with Gasteiger partial charge in [0.1, 0.15) is 0 Å². The van der Waals surface area contributed by atoms with Gasteiger partial charge in [-0.25, -0.2) is 0 Å². The molecule has 0 bridgehead atoms. The largest absolute Gasteiger partial charge is 0.454 e. The maximum absolute atomic E-state index is 5.75. The lowest BCUT2D eigenvalue weighted by atomic mass is 9.92. The molecule has 2 heterocycles. The number of hydrogen-bond donors (Lipinski definition) is 1. The van der Waals surface area contributed by atoms with Crippen LogP contribution >= 0.6 is 0 Å². The van der Waals surface area contributed by atoms with Crippen molar-refractivity contribution in [2.24, 2.45) is 0 Å². The molecule has 20 heavy (non-hydrogen) atoms. The van der Waals surface area contributed by atoms with E-state index in [1.165, 1.54) is 32.8 Å². The maximum Gasteiger partial charge on any atom is 0.231 e. The van der Waals surface area contributed by atoms with E-state index < -0.39 is 0 Å². The maximum atomic E-state index is 5.75. The summed E-state index contributed by atoms with van der Waals surface area (Å²) in [5, 5.41) is 8.47. The van der Waals surface area contributed by atoms with E-state index in [4.69, 9.17) is 9.47 Å². The highest BCUT2D eigenvalue weighted by atomic mass is 16.7. The monoisotopic (exact) mass is 263 g/mol. The van der Waals surface area contributed by atoms with E-state index >= 15 is 0 Å². The lowest BCUT2D eigenvalue weighted by molar-refractivity contribution is 0.175. The van der Waals surface area contributed by atoms with Gasteiger partial charge in [-0.1, -0.05) is 24.3 Å². The minimum atomic E-state index is 0.319. The lowest BCUT2D eigenvalue weighted by Crippen LogP contribution is -2.11. The number of ether oxygens (including phenoxy) is 2. The molecule has 3 aromatic carbocycles. The first-order valence-electron chi connectivity index (χ1n) is 6.92. The third-order valence-electron chi connectivity index (χ3n) is 4.25. The fourth-order valence-corrected chi connectivity index (χ4v) is 3.41. The average molecular weight is 263 g/mol. The van der Waals surface area contributed by atoms with E-state index in [0.717, 1.165) is 24.5 Å². The second-order valence-electron chi connectivity index (χ2n) is 5.34. The molecule has 0 radical (unpaired) electrons. The Morgan fingerprint density at radius 3 is 2.95 bits per heavy atom. The highest BCUT2D eigenvalue weighted by Gasteiger charge is 2.24. The Bertz CT molecular complexity index is 870. The van der Waals surface area contributed by atoms with Gasteiger partial charge in [-0.2, -0.15) is 0 Å². The summed E-state index contributed by atoms with van der Waals surface area (Å²) in [5.74, 6) is 1.78. The van der Waals surface area contributed by atoms with Crippen molar-refractivity contribution in [1.82, 2.24) is 0 Å². The van der Waals surface area contributed by atoms with Crippen LogP contribution in [0.1, 0.15) is 5.56 Å². The Morgan fingerprint density at radius 2 is 1.95 bits per heavy atom. The number of benzene rings is 3. The predicted molar refractivity (Wildman–Crippen MR) is 79.8 cm³/mol. The lowest BCUT2D eigenvalue weighted by Gasteiger charge is -2.21. The summed E-state index contributed by atoms with van der Waals surface area (Å²) >= 11 is 0. The highest BCUT2D eigenvalue weighted by molar-refractivity contribution is 6.18. The number of rotatable bonds is 0. The van der Waals surface area contributed by atoms with E-state index in [0.29, 0.717) is 6.79 Å². The fourth-order valence-electron chi connectivity index (χ4n) is 3.41. The molecular weight excluding hydrogens is 250 g/mol. The summed E-state index contributed by atoms with van der Waals surface area (Å²) in [5.41, 5.74) is 2.56. The van der Waals surface area contributed by atoms with Crippen LogP contribution in [-0.4, -0.2) is 13.3 Å². The molecule has 2 aliphatic rings. The Labute approximate surface area is 116 Å². The topological polar surface area (TPSA) is 30.5 Å².